The highest BCUT2D eigenvalue weighted by Gasteiger charge is 2.13. The number of nitrogens with one attached hydrogen (secondary N) is 1. The molecule has 0 saturated heterocycles. The van der Waals surface area contributed by atoms with Gasteiger partial charge in [0.25, 0.3) is 5.56 Å². The molecule has 0 amide bonds. The van der Waals surface area contributed by atoms with Crippen molar-refractivity contribution in [3.05, 3.63) is 31.6 Å². The lowest BCUT2D eigenvalue weighted by atomic mass is 10.3. The Bertz CT molecular complexity index is 466. The molecule has 15 heavy (non-hydrogen) atoms. The Labute approximate surface area is 96.7 Å². The molecule has 0 aromatic carbocycles. The molecule has 1 atom stereocenters. The molecular formula is C9H13ClN2O2S. The van der Waals surface area contributed by atoms with E-state index in [2.05, 4.69) is 4.98 Å². The van der Waals surface area contributed by atoms with E-state index in [4.69, 9.17) is 11.6 Å². The first kappa shape index (κ1) is 12.4. The number of thioether (sulfide) groups is 1. The summed E-state index contributed by atoms with van der Waals surface area (Å²) in [5.74, 6) is 0.712. The van der Waals surface area contributed by atoms with E-state index in [-0.39, 0.29) is 16.8 Å². The van der Waals surface area contributed by atoms with Crippen molar-refractivity contribution in [1.29, 1.82) is 0 Å². The standard InChI is InChI=1S/C9H13ClN2O2S/c1-5(4-15-3)12-8(13)6(2)7(10)11-9(12)14/h5H,4H2,1-3H3,(H,11,14). The minimum absolute atomic E-state index is 0.123. The molecule has 0 radical (unpaired) electrons. The molecule has 84 valence electrons. The highest BCUT2D eigenvalue weighted by Crippen LogP contribution is 2.09. The molecule has 1 aromatic heterocycles. The van der Waals surface area contributed by atoms with Crippen LogP contribution in [-0.2, 0) is 0 Å². The average molecular weight is 249 g/mol. The van der Waals surface area contributed by atoms with Crippen LogP contribution < -0.4 is 11.2 Å². The maximum atomic E-state index is 11.8. The van der Waals surface area contributed by atoms with E-state index in [1.54, 1.807) is 18.7 Å². The molecule has 1 unspecified atom stereocenters. The lowest BCUT2D eigenvalue weighted by Gasteiger charge is -2.13. The zero-order valence-corrected chi connectivity index (χ0v) is 10.4. The van der Waals surface area contributed by atoms with E-state index < -0.39 is 5.69 Å². The molecule has 0 aliphatic carbocycles. The van der Waals surface area contributed by atoms with E-state index >= 15 is 0 Å². The van der Waals surface area contributed by atoms with Crippen LogP contribution in [-0.4, -0.2) is 21.6 Å². The third-order valence-electron chi connectivity index (χ3n) is 2.15. The van der Waals surface area contributed by atoms with Crippen molar-refractivity contribution in [3.63, 3.8) is 0 Å². The number of halogens is 1. The van der Waals surface area contributed by atoms with Crippen LogP contribution in [0.3, 0.4) is 0 Å². The van der Waals surface area contributed by atoms with Crippen molar-refractivity contribution < 1.29 is 0 Å². The number of rotatable bonds is 3. The maximum Gasteiger partial charge on any atom is 0.329 e. The Morgan fingerprint density at radius 1 is 1.53 bits per heavy atom. The van der Waals surface area contributed by atoms with Crippen molar-refractivity contribution in [3.8, 4) is 0 Å². The van der Waals surface area contributed by atoms with Gasteiger partial charge >= 0.3 is 5.69 Å². The summed E-state index contributed by atoms with van der Waals surface area (Å²) in [5.41, 5.74) is -0.383. The van der Waals surface area contributed by atoms with Crippen LogP contribution in [0, 0.1) is 6.92 Å². The van der Waals surface area contributed by atoms with E-state index in [1.807, 2.05) is 13.2 Å². The predicted octanol–water partition coefficient (Wildman–Crippen LogP) is 1.42. The van der Waals surface area contributed by atoms with Crippen molar-refractivity contribution in [2.24, 2.45) is 0 Å². The number of hydrogen-bond acceptors (Lipinski definition) is 3. The van der Waals surface area contributed by atoms with Gasteiger partial charge in [-0.25, -0.2) is 4.79 Å². The normalized spacial score (nSPS) is 12.8. The van der Waals surface area contributed by atoms with E-state index in [0.717, 1.165) is 0 Å². The molecule has 1 heterocycles. The monoisotopic (exact) mass is 248 g/mol. The van der Waals surface area contributed by atoms with Crippen LogP contribution in [0.2, 0.25) is 5.15 Å². The summed E-state index contributed by atoms with van der Waals surface area (Å²) in [6.45, 7) is 3.43. The van der Waals surface area contributed by atoms with E-state index in [1.165, 1.54) is 4.57 Å². The molecule has 0 fully saturated rings. The van der Waals surface area contributed by atoms with Gasteiger partial charge in [0.1, 0.15) is 5.15 Å². The quantitative estimate of drug-likeness (QED) is 0.824. The predicted molar refractivity (Wildman–Crippen MR) is 64.2 cm³/mol. The summed E-state index contributed by atoms with van der Waals surface area (Å²) >= 11 is 7.29. The topological polar surface area (TPSA) is 54.9 Å². The highest BCUT2D eigenvalue weighted by molar-refractivity contribution is 7.98. The van der Waals surface area contributed by atoms with Crippen LogP contribution in [0.4, 0.5) is 0 Å². The third kappa shape index (κ3) is 2.46. The molecule has 1 aromatic rings. The second-order valence-electron chi connectivity index (χ2n) is 3.35. The first-order valence-corrected chi connectivity index (χ1v) is 6.26. The van der Waals surface area contributed by atoms with Gasteiger partial charge in [-0.3, -0.25) is 14.3 Å². The molecule has 0 aliphatic rings. The second-order valence-corrected chi connectivity index (χ2v) is 4.64. The number of hydrogen-bond donors (Lipinski definition) is 1. The van der Waals surface area contributed by atoms with E-state index in [0.29, 0.717) is 11.3 Å². The van der Waals surface area contributed by atoms with Crippen LogP contribution >= 0.6 is 23.4 Å². The highest BCUT2D eigenvalue weighted by atomic mass is 35.5. The van der Waals surface area contributed by atoms with Gasteiger partial charge in [0.15, 0.2) is 0 Å². The van der Waals surface area contributed by atoms with Crippen LogP contribution in [0.25, 0.3) is 0 Å². The lowest BCUT2D eigenvalue weighted by molar-refractivity contribution is 0.550. The van der Waals surface area contributed by atoms with Gasteiger partial charge in [-0.15, -0.1) is 0 Å². The van der Waals surface area contributed by atoms with Gasteiger partial charge in [0, 0.05) is 17.4 Å². The molecule has 0 saturated carbocycles. The van der Waals surface area contributed by atoms with Crippen molar-refractivity contribution >= 4 is 23.4 Å². The number of aromatic nitrogens is 2. The molecule has 0 spiro atoms. The summed E-state index contributed by atoms with van der Waals surface area (Å²) < 4.78 is 1.21. The molecule has 1 N–H and O–H groups in total. The fourth-order valence-electron chi connectivity index (χ4n) is 1.33. The van der Waals surface area contributed by atoms with Gasteiger partial charge < -0.3 is 0 Å². The van der Waals surface area contributed by atoms with Crippen molar-refractivity contribution in [1.82, 2.24) is 9.55 Å². The minimum Gasteiger partial charge on any atom is -0.297 e. The summed E-state index contributed by atoms with van der Waals surface area (Å²) in [5, 5.41) is 0.123. The lowest BCUT2D eigenvalue weighted by Crippen LogP contribution is -2.39. The minimum atomic E-state index is -0.447. The van der Waals surface area contributed by atoms with Crippen molar-refractivity contribution in [2.45, 2.75) is 19.9 Å². The van der Waals surface area contributed by atoms with Crippen LogP contribution in [0.1, 0.15) is 18.5 Å². The van der Waals surface area contributed by atoms with Gasteiger partial charge in [-0.1, -0.05) is 11.6 Å². The average Bonchev–Trinajstić information content (AvgIpc) is 2.15. The molecular weight excluding hydrogens is 236 g/mol. The summed E-state index contributed by atoms with van der Waals surface area (Å²) in [6.07, 6.45) is 1.93. The Kier molecular flexibility index (Phi) is 4.04. The number of H-pyrrole nitrogens is 1. The van der Waals surface area contributed by atoms with Crippen LogP contribution in [0.5, 0.6) is 0 Å². The maximum absolute atomic E-state index is 11.8. The Balaban J connectivity index is 3.37. The first-order chi connectivity index (χ1) is 6.99. The summed E-state index contributed by atoms with van der Waals surface area (Å²) in [7, 11) is 0. The number of aromatic amines is 1. The zero-order chi connectivity index (χ0) is 11.6. The smallest absolute Gasteiger partial charge is 0.297 e. The Morgan fingerprint density at radius 3 is 2.67 bits per heavy atom. The molecule has 0 bridgehead atoms. The van der Waals surface area contributed by atoms with Gasteiger partial charge in [0.05, 0.1) is 0 Å². The molecule has 4 nitrogen and oxygen atoms in total. The zero-order valence-electron chi connectivity index (χ0n) is 8.83. The molecule has 0 aliphatic heterocycles. The molecule has 6 heteroatoms. The summed E-state index contributed by atoms with van der Waals surface area (Å²) in [4.78, 5) is 25.8. The fraction of sp³-hybridized carbons (Fsp3) is 0.556. The SMILES string of the molecule is CSCC(C)n1c(=O)[nH]c(Cl)c(C)c1=O. The second kappa shape index (κ2) is 4.90. The van der Waals surface area contributed by atoms with Gasteiger partial charge in [0.2, 0.25) is 0 Å². The Morgan fingerprint density at radius 2 is 2.13 bits per heavy atom. The fourth-order valence-corrected chi connectivity index (χ4v) is 2.12. The largest absolute Gasteiger partial charge is 0.329 e. The van der Waals surface area contributed by atoms with Gasteiger partial charge in [-0.2, -0.15) is 11.8 Å². The van der Waals surface area contributed by atoms with Crippen LogP contribution in [0.15, 0.2) is 9.59 Å². The molecule has 1 rings (SSSR count). The van der Waals surface area contributed by atoms with Gasteiger partial charge in [-0.05, 0) is 20.1 Å². The summed E-state index contributed by atoms with van der Waals surface area (Å²) in [6, 6.07) is -0.132. The number of nitrogens with zero attached hydrogens (tertiary/aromatic N) is 1. The first-order valence-electron chi connectivity index (χ1n) is 4.49. The Hall–Kier alpha value is -0.680. The van der Waals surface area contributed by atoms with Crippen molar-refractivity contribution in [2.75, 3.05) is 12.0 Å². The third-order valence-corrected chi connectivity index (χ3v) is 3.35. The van der Waals surface area contributed by atoms with E-state index in [9.17, 15) is 9.59 Å².